The van der Waals surface area contributed by atoms with E-state index in [4.69, 9.17) is 5.73 Å². The number of hydrogen-bond acceptors (Lipinski definition) is 4. The monoisotopic (exact) mass is 202 g/mol. The van der Waals surface area contributed by atoms with E-state index in [1.807, 2.05) is 0 Å². The molecule has 0 saturated heterocycles. The van der Waals surface area contributed by atoms with Crippen molar-refractivity contribution in [2.45, 2.75) is 6.43 Å². The number of nitrogen functional groups attached to an aromatic ring is 1. The summed E-state index contributed by atoms with van der Waals surface area (Å²) in [6, 6.07) is 0.986. The molecular weight excluding hydrogens is 194 g/mol. The van der Waals surface area contributed by atoms with Gasteiger partial charge in [0, 0.05) is 0 Å². The third-order valence-electron chi connectivity index (χ3n) is 1.62. The molecule has 1 aromatic heterocycles. The fourth-order valence-electron chi connectivity index (χ4n) is 0.956. The molecule has 0 radical (unpaired) electrons. The van der Waals surface area contributed by atoms with Crippen molar-refractivity contribution >= 4 is 12.0 Å². The van der Waals surface area contributed by atoms with Crippen LogP contribution in [0.5, 0.6) is 5.88 Å². The highest BCUT2D eigenvalue weighted by Gasteiger charge is 2.17. The van der Waals surface area contributed by atoms with Crippen molar-refractivity contribution in [1.29, 1.82) is 0 Å². The first-order valence-electron chi connectivity index (χ1n) is 3.68. The number of aromatic nitrogens is 1. The average Bonchev–Trinajstić information content (AvgIpc) is 2.17. The molecule has 0 atom stereocenters. The molecule has 4 nitrogen and oxygen atoms in total. The van der Waals surface area contributed by atoms with Crippen LogP contribution < -0.4 is 10.5 Å². The van der Waals surface area contributed by atoms with Gasteiger partial charge >= 0.3 is 0 Å². The SMILES string of the molecule is COc1nc(C=O)c(N)cc1C(F)F. The Labute approximate surface area is 78.7 Å². The van der Waals surface area contributed by atoms with Gasteiger partial charge in [-0.05, 0) is 6.07 Å². The molecule has 0 aromatic carbocycles. The molecule has 14 heavy (non-hydrogen) atoms. The Morgan fingerprint density at radius 3 is 2.71 bits per heavy atom. The number of methoxy groups -OCH3 is 1. The molecule has 0 amide bonds. The summed E-state index contributed by atoms with van der Waals surface area (Å²) in [6.07, 6.45) is -2.35. The Morgan fingerprint density at radius 1 is 1.64 bits per heavy atom. The van der Waals surface area contributed by atoms with Crippen molar-refractivity contribution in [2.24, 2.45) is 0 Å². The van der Waals surface area contributed by atoms with Crippen molar-refractivity contribution in [2.75, 3.05) is 12.8 Å². The number of nitrogens with zero attached hydrogens (tertiary/aromatic N) is 1. The summed E-state index contributed by atoms with van der Waals surface area (Å²) in [5.41, 5.74) is 4.70. The topological polar surface area (TPSA) is 65.2 Å². The lowest BCUT2D eigenvalue weighted by atomic mass is 10.2. The predicted molar refractivity (Wildman–Crippen MR) is 45.5 cm³/mol. The number of nitrogens with two attached hydrogens (primary N) is 1. The lowest BCUT2D eigenvalue weighted by molar-refractivity contribution is 0.111. The van der Waals surface area contributed by atoms with Crippen LogP contribution in [-0.4, -0.2) is 18.4 Å². The van der Waals surface area contributed by atoms with Crippen LogP contribution in [0.15, 0.2) is 6.07 Å². The summed E-state index contributed by atoms with van der Waals surface area (Å²) in [7, 11) is 1.19. The second-order valence-corrected chi connectivity index (χ2v) is 2.48. The first-order chi connectivity index (χ1) is 6.60. The van der Waals surface area contributed by atoms with Gasteiger partial charge in [-0.1, -0.05) is 0 Å². The number of halogens is 2. The van der Waals surface area contributed by atoms with Gasteiger partial charge in [-0.2, -0.15) is 0 Å². The molecule has 1 rings (SSSR count). The quantitative estimate of drug-likeness (QED) is 0.753. The van der Waals surface area contributed by atoms with Crippen LogP contribution in [0.1, 0.15) is 22.5 Å². The molecule has 0 unspecified atom stereocenters. The van der Waals surface area contributed by atoms with E-state index in [-0.39, 0.29) is 17.3 Å². The van der Waals surface area contributed by atoms with Crippen LogP contribution in [-0.2, 0) is 0 Å². The zero-order chi connectivity index (χ0) is 10.7. The molecule has 0 spiro atoms. The highest BCUT2D eigenvalue weighted by Crippen LogP contribution is 2.29. The zero-order valence-electron chi connectivity index (χ0n) is 7.33. The van der Waals surface area contributed by atoms with Crippen molar-refractivity contribution < 1.29 is 18.3 Å². The van der Waals surface area contributed by atoms with E-state index < -0.39 is 12.0 Å². The van der Waals surface area contributed by atoms with Crippen LogP contribution in [0.4, 0.5) is 14.5 Å². The molecule has 0 fully saturated rings. The number of carbonyl (C=O) groups excluding carboxylic acids is 1. The highest BCUT2D eigenvalue weighted by molar-refractivity contribution is 5.81. The molecule has 76 valence electrons. The Kier molecular flexibility index (Phi) is 2.95. The summed E-state index contributed by atoms with van der Waals surface area (Å²) in [5.74, 6) is -0.281. The molecule has 0 aliphatic carbocycles. The van der Waals surface area contributed by atoms with Gasteiger partial charge in [-0.3, -0.25) is 4.79 Å². The van der Waals surface area contributed by atoms with E-state index in [2.05, 4.69) is 9.72 Å². The van der Waals surface area contributed by atoms with E-state index in [1.165, 1.54) is 7.11 Å². The maximum Gasteiger partial charge on any atom is 0.269 e. The van der Waals surface area contributed by atoms with Crippen molar-refractivity contribution in [1.82, 2.24) is 4.98 Å². The Morgan fingerprint density at radius 2 is 2.29 bits per heavy atom. The summed E-state index contributed by atoms with van der Waals surface area (Å²) in [5, 5.41) is 0. The Balaban J connectivity index is 3.31. The smallest absolute Gasteiger partial charge is 0.269 e. The minimum atomic E-state index is -2.74. The van der Waals surface area contributed by atoms with Gasteiger partial charge in [0.15, 0.2) is 6.29 Å². The second-order valence-electron chi connectivity index (χ2n) is 2.48. The predicted octanol–water partition coefficient (Wildman–Crippen LogP) is 1.42. The van der Waals surface area contributed by atoms with E-state index in [1.54, 1.807) is 0 Å². The van der Waals surface area contributed by atoms with Crippen molar-refractivity contribution in [3.05, 3.63) is 17.3 Å². The molecule has 0 aliphatic heterocycles. The standard InChI is InChI=1S/C8H8F2N2O2/c1-14-8-4(7(9)10)2-5(11)6(3-13)12-8/h2-3,7H,11H2,1H3. The van der Waals surface area contributed by atoms with E-state index >= 15 is 0 Å². The van der Waals surface area contributed by atoms with Gasteiger partial charge in [-0.25, -0.2) is 13.8 Å². The van der Waals surface area contributed by atoms with Gasteiger partial charge in [0.25, 0.3) is 6.43 Å². The van der Waals surface area contributed by atoms with Crippen LogP contribution in [0.2, 0.25) is 0 Å². The summed E-state index contributed by atoms with van der Waals surface area (Å²) >= 11 is 0. The summed E-state index contributed by atoms with van der Waals surface area (Å²) in [4.78, 5) is 13.9. The molecule has 1 heterocycles. The van der Waals surface area contributed by atoms with Crippen LogP contribution in [0, 0.1) is 0 Å². The van der Waals surface area contributed by atoms with Crippen molar-refractivity contribution in [3.63, 3.8) is 0 Å². The van der Waals surface area contributed by atoms with Crippen LogP contribution in [0.25, 0.3) is 0 Å². The fourth-order valence-corrected chi connectivity index (χ4v) is 0.956. The lowest BCUT2D eigenvalue weighted by Gasteiger charge is -2.08. The maximum atomic E-state index is 12.4. The van der Waals surface area contributed by atoms with E-state index in [0.29, 0.717) is 6.29 Å². The van der Waals surface area contributed by atoms with Crippen molar-refractivity contribution in [3.8, 4) is 5.88 Å². The minimum absolute atomic E-state index is 0.0869. The number of anilines is 1. The molecular formula is C8H8F2N2O2. The Hall–Kier alpha value is -1.72. The number of pyridine rings is 1. The number of ether oxygens (including phenoxy) is 1. The number of aldehydes is 1. The Bertz CT molecular complexity index is 355. The second kappa shape index (κ2) is 3.99. The summed E-state index contributed by atoms with van der Waals surface area (Å²) < 4.78 is 29.3. The molecule has 0 saturated carbocycles. The lowest BCUT2D eigenvalue weighted by Crippen LogP contribution is -2.03. The van der Waals surface area contributed by atoms with Crippen LogP contribution >= 0.6 is 0 Å². The molecule has 2 N–H and O–H groups in total. The molecule has 6 heteroatoms. The largest absolute Gasteiger partial charge is 0.481 e. The van der Waals surface area contributed by atoms with Gasteiger partial charge < -0.3 is 10.5 Å². The highest BCUT2D eigenvalue weighted by atomic mass is 19.3. The average molecular weight is 202 g/mol. The first-order valence-corrected chi connectivity index (χ1v) is 3.68. The maximum absolute atomic E-state index is 12.4. The number of rotatable bonds is 3. The zero-order valence-corrected chi connectivity index (χ0v) is 7.33. The molecule has 0 bridgehead atoms. The number of alkyl halides is 2. The fraction of sp³-hybridized carbons (Fsp3) is 0.250. The van der Waals surface area contributed by atoms with Crippen LogP contribution in [0.3, 0.4) is 0 Å². The molecule has 0 aliphatic rings. The van der Waals surface area contributed by atoms with E-state index in [9.17, 15) is 13.6 Å². The molecule has 1 aromatic rings. The summed E-state index contributed by atoms with van der Waals surface area (Å²) in [6.45, 7) is 0. The number of carbonyl (C=O) groups is 1. The third kappa shape index (κ3) is 1.78. The van der Waals surface area contributed by atoms with Gasteiger partial charge in [0.1, 0.15) is 5.69 Å². The number of hydrogen-bond donors (Lipinski definition) is 1. The normalized spacial score (nSPS) is 10.3. The van der Waals surface area contributed by atoms with Gasteiger partial charge in [-0.15, -0.1) is 0 Å². The van der Waals surface area contributed by atoms with Gasteiger partial charge in [0.05, 0.1) is 18.4 Å². The van der Waals surface area contributed by atoms with E-state index in [0.717, 1.165) is 6.07 Å². The third-order valence-corrected chi connectivity index (χ3v) is 1.62. The van der Waals surface area contributed by atoms with Gasteiger partial charge in [0.2, 0.25) is 5.88 Å². The minimum Gasteiger partial charge on any atom is -0.481 e. The first kappa shape index (κ1) is 10.4.